The van der Waals surface area contributed by atoms with Gasteiger partial charge in [0.25, 0.3) is 0 Å². The number of hydrogen-bond donors (Lipinski definition) is 1. The fourth-order valence-corrected chi connectivity index (χ4v) is 2.32. The summed E-state index contributed by atoms with van der Waals surface area (Å²) in [6.07, 6.45) is 0. The number of piperazine rings is 1. The second-order valence-electron chi connectivity index (χ2n) is 4.80. The fourth-order valence-electron chi connectivity index (χ4n) is 2.32. The van der Waals surface area contributed by atoms with Crippen LogP contribution in [0.4, 0.5) is 0 Å². The Labute approximate surface area is 114 Å². The number of carbonyl (C=O) groups is 1. The number of rotatable bonds is 4. The minimum atomic E-state index is -0.0891. The molecule has 0 aromatic heterocycles. The highest BCUT2D eigenvalue weighted by Crippen LogP contribution is 2.21. The molecule has 1 atom stereocenters. The van der Waals surface area contributed by atoms with Crippen LogP contribution in [-0.4, -0.2) is 43.6 Å². The van der Waals surface area contributed by atoms with Crippen molar-refractivity contribution in [2.24, 2.45) is 0 Å². The molecule has 1 aliphatic rings. The summed E-state index contributed by atoms with van der Waals surface area (Å²) in [5, 5.41) is 3.26. The van der Waals surface area contributed by atoms with Gasteiger partial charge in [-0.2, -0.15) is 0 Å². The standard InChI is InChI=1S/C15H22N2O2/c1-3-19-14-6-4-13(5-7-14)12(2)15(18)17-10-8-16-9-11-17/h4-7,12,16H,3,8-11H2,1-2H3. The summed E-state index contributed by atoms with van der Waals surface area (Å²) in [5.41, 5.74) is 1.05. The zero-order chi connectivity index (χ0) is 13.7. The molecule has 0 radical (unpaired) electrons. The molecule has 19 heavy (non-hydrogen) atoms. The van der Waals surface area contributed by atoms with E-state index in [-0.39, 0.29) is 11.8 Å². The molecular formula is C15H22N2O2. The van der Waals surface area contributed by atoms with Crippen molar-refractivity contribution in [2.75, 3.05) is 32.8 Å². The van der Waals surface area contributed by atoms with Crippen LogP contribution in [0.25, 0.3) is 0 Å². The first kappa shape index (κ1) is 13.9. The van der Waals surface area contributed by atoms with E-state index in [2.05, 4.69) is 5.32 Å². The molecule has 0 aliphatic carbocycles. The Morgan fingerprint density at radius 1 is 1.32 bits per heavy atom. The van der Waals surface area contributed by atoms with Gasteiger partial charge in [0.05, 0.1) is 12.5 Å². The van der Waals surface area contributed by atoms with Crippen LogP contribution in [0.2, 0.25) is 0 Å². The van der Waals surface area contributed by atoms with E-state index in [9.17, 15) is 4.79 Å². The first-order valence-electron chi connectivity index (χ1n) is 6.94. The molecule has 104 valence electrons. The maximum atomic E-state index is 12.4. The van der Waals surface area contributed by atoms with Crippen LogP contribution in [0.15, 0.2) is 24.3 Å². The summed E-state index contributed by atoms with van der Waals surface area (Å²) >= 11 is 0. The summed E-state index contributed by atoms with van der Waals surface area (Å²) in [6, 6.07) is 7.83. The van der Waals surface area contributed by atoms with Gasteiger partial charge >= 0.3 is 0 Å². The highest BCUT2D eigenvalue weighted by atomic mass is 16.5. The topological polar surface area (TPSA) is 41.6 Å². The maximum Gasteiger partial charge on any atom is 0.229 e. The minimum Gasteiger partial charge on any atom is -0.494 e. The van der Waals surface area contributed by atoms with Gasteiger partial charge in [-0.25, -0.2) is 0 Å². The van der Waals surface area contributed by atoms with Gasteiger partial charge < -0.3 is 15.0 Å². The van der Waals surface area contributed by atoms with Gasteiger partial charge in [-0.1, -0.05) is 12.1 Å². The van der Waals surface area contributed by atoms with Crippen LogP contribution in [0.5, 0.6) is 5.75 Å². The van der Waals surface area contributed by atoms with Gasteiger partial charge in [0.1, 0.15) is 5.75 Å². The Bertz CT molecular complexity index is 411. The third kappa shape index (κ3) is 3.47. The van der Waals surface area contributed by atoms with Crippen LogP contribution in [0.3, 0.4) is 0 Å². The molecule has 1 amide bonds. The molecule has 0 spiro atoms. The average Bonchev–Trinajstić information content (AvgIpc) is 2.48. The minimum absolute atomic E-state index is 0.0891. The molecule has 4 nitrogen and oxygen atoms in total. The van der Waals surface area contributed by atoms with Gasteiger partial charge in [0.2, 0.25) is 5.91 Å². The predicted octanol–water partition coefficient (Wildman–Crippen LogP) is 1.62. The molecule has 1 unspecified atom stereocenters. The van der Waals surface area contributed by atoms with Crippen LogP contribution in [0, 0.1) is 0 Å². The number of benzene rings is 1. The van der Waals surface area contributed by atoms with Crippen molar-refractivity contribution in [1.29, 1.82) is 0 Å². The zero-order valence-electron chi connectivity index (χ0n) is 11.7. The molecule has 1 saturated heterocycles. The smallest absolute Gasteiger partial charge is 0.229 e. The summed E-state index contributed by atoms with van der Waals surface area (Å²) in [4.78, 5) is 14.3. The third-order valence-electron chi connectivity index (χ3n) is 3.49. The molecule has 2 rings (SSSR count). The quantitative estimate of drug-likeness (QED) is 0.896. The number of nitrogens with one attached hydrogen (secondary N) is 1. The SMILES string of the molecule is CCOc1ccc(C(C)C(=O)N2CCNCC2)cc1. The van der Waals surface area contributed by atoms with E-state index in [0.29, 0.717) is 6.61 Å². The van der Waals surface area contributed by atoms with Crippen molar-refractivity contribution in [3.8, 4) is 5.75 Å². The number of carbonyl (C=O) groups excluding carboxylic acids is 1. The lowest BCUT2D eigenvalue weighted by Crippen LogP contribution is -2.47. The Kier molecular flexibility index (Phi) is 4.80. The second-order valence-corrected chi connectivity index (χ2v) is 4.80. The van der Waals surface area contributed by atoms with Crippen molar-refractivity contribution < 1.29 is 9.53 Å². The molecule has 4 heteroatoms. The molecule has 1 heterocycles. The van der Waals surface area contributed by atoms with E-state index in [4.69, 9.17) is 4.74 Å². The largest absolute Gasteiger partial charge is 0.494 e. The van der Waals surface area contributed by atoms with Gasteiger partial charge in [-0.05, 0) is 31.5 Å². The lowest BCUT2D eigenvalue weighted by atomic mass is 9.99. The first-order valence-corrected chi connectivity index (χ1v) is 6.94. The molecule has 1 N–H and O–H groups in total. The molecular weight excluding hydrogens is 240 g/mol. The van der Waals surface area contributed by atoms with Crippen LogP contribution in [0.1, 0.15) is 25.3 Å². The molecule has 0 bridgehead atoms. The van der Waals surface area contributed by atoms with E-state index >= 15 is 0 Å². The fraction of sp³-hybridized carbons (Fsp3) is 0.533. The van der Waals surface area contributed by atoms with Gasteiger partial charge in [-0.15, -0.1) is 0 Å². The number of amides is 1. The van der Waals surface area contributed by atoms with E-state index in [0.717, 1.165) is 37.5 Å². The normalized spacial score (nSPS) is 17.1. The van der Waals surface area contributed by atoms with Crippen molar-refractivity contribution >= 4 is 5.91 Å². The van der Waals surface area contributed by atoms with E-state index in [1.165, 1.54) is 0 Å². The van der Waals surface area contributed by atoms with Gasteiger partial charge in [-0.3, -0.25) is 4.79 Å². The predicted molar refractivity (Wildman–Crippen MR) is 75.5 cm³/mol. The van der Waals surface area contributed by atoms with Gasteiger partial charge in [0, 0.05) is 26.2 Å². The zero-order valence-corrected chi connectivity index (χ0v) is 11.7. The van der Waals surface area contributed by atoms with Crippen LogP contribution >= 0.6 is 0 Å². The monoisotopic (exact) mass is 262 g/mol. The van der Waals surface area contributed by atoms with E-state index < -0.39 is 0 Å². The van der Waals surface area contributed by atoms with Gasteiger partial charge in [0.15, 0.2) is 0 Å². The second kappa shape index (κ2) is 6.57. The summed E-state index contributed by atoms with van der Waals surface area (Å²) in [6.45, 7) is 7.99. The summed E-state index contributed by atoms with van der Waals surface area (Å²) in [5.74, 6) is 0.979. The van der Waals surface area contributed by atoms with Crippen molar-refractivity contribution in [3.63, 3.8) is 0 Å². The van der Waals surface area contributed by atoms with Crippen LogP contribution < -0.4 is 10.1 Å². The summed E-state index contributed by atoms with van der Waals surface area (Å²) in [7, 11) is 0. The highest BCUT2D eigenvalue weighted by molar-refractivity contribution is 5.83. The number of nitrogens with zero attached hydrogens (tertiary/aromatic N) is 1. The number of ether oxygens (including phenoxy) is 1. The van der Waals surface area contributed by atoms with Crippen molar-refractivity contribution in [2.45, 2.75) is 19.8 Å². The van der Waals surface area contributed by atoms with Crippen molar-refractivity contribution in [1.82, 2.24) is 10.2 Å². The summed E-state index contributed by atoms with van der Waals surface area (Å²) < 4.78 is 5.41. The lowest BCUT2D eigenvalue weighted by Gasteiger charge is -2.30. The van der Waals surface area contributed by atoms with E-state index in [1.807, 2.05) is 43.0 Å². The van der Waals surface area contributed by atoms with E-state index in [1.54, 1.807) is 0 Å². The molecule has 1 aromatic carbocycles. The maximum absolute atomic E-state index is 12.4. The lowest BCUT2D eigenvalue weighted by molar-refractivity contribution is -0.133. The van der Waals surface area contributed by atoms with Crippen LogP contribution in [-0.2, 0) is 4.79 Å². The first-order chi connectivity index (χ1) is 9.22. The number of hydrogen-bond acceptors (Lipinski definition) is 3. The molecule has 1 aliphatic heterocycles. The Morgan fingerprint density at radius 3 is 2.53 bits per heavy atom. The molecule has 1 fully saturated rings. The third-order valence-corrected chi connectivity index (χ3v) is 3.49. The molecule has 1 aromatic rings. The Balaban J connectivity index is 2.01. The molecule has 0 saturated carbocycles. The highest BCUT2D eigenvalue weighted by Gasteiger charge is 2.23. The van der Waals surface area contributed by atoms with Crippen molar-refractivity contribution in [3.05, 3.63) is 29.8 Å². The Morgan fingerprint density at radius 2 is 1.95 bits per heavy atom. The average molecular weight is 262 g/mol. The Hall–Kier alpha value is -1.55.